The number of hydrogen-bond donors (Lipinski definition) is 2. The van der Waals surface area contributed by atoms with Crippen molar-refractivity contribution in [1.82, 2.24) is 35.2 Å². The first-order valence-corrected chi connectivity index (χ1v) is 21.4. The Labute approximate surface area is 351 Å². The van der Waals surface area contributed by atoms with Gasteiger partial charge in [0.15, 0.2) is 0 Å². The number of imide groups is 2. The zero-order chi connectivity index (χ0) is 41.7. The van der Waals surface area contributed by atoms with E-state index in [0.717, 1.165) is 94.8 Å². The third-order valence-corrected chi connectivity index (χ3v) is 13.9. The molecule has 5 fully saturated rings. The van der Waals surface area contributed by atoms with Crippen LogP contribution in [0.1, 0.15) is 114 Å². The first kappa shape index (κ1) is 40.0. The molecule has 3 saturated heterocycles. The van der Waals surface area contributed by atoms with Gasteiger partial charge in [-0.2, -0.15) is 0 Å². The van der Waals surface area contributed by atoms with E-state index in [1.54, 1.807) is 24.5 Å². The predicted octanol–water partition coefficient (Wildman–Crippen LogP) is 5.48. The van der Waals surface area contributed by atoms with Crippen LogP contribution in [-0.2, 0) is 9.59 Å². The monoisotopic (exact) mass is 839 g/mol. The summed E-state index contributed by atoms with van der Waals surface area (Å²) in [5.74, 6) is -1.89. The average Bonchev–Trinajstić information content (AvgIpc) is 3.81. The van der Waals surface area contributed by atoms with E-state index in [4.69, 9.17) is 22.9 Å². The minimum Gasteiger partial charge on any atom is -0.490 e. The van der Waals surface area contributed by atoms with Gasteiger partial charge in [0.05, 0.1) is 40.6 Å². The van der Waals surface area contributed by atoms with Crippen LogP contribution in [-0.4, -0.2) is 105 Å². The van der Waals surface area contributed by atoms with E-state index >= 15 is 4.39 Å². The molecule has 3 aromatic rings. The maximum Gasteiger partial charge on any atom is 0.291 e. The van der Waals surface area contributed by atoms with Crippen LogP contribution in [0.2, 0.25) is 5.02 Å². The van der Waals surface area contributed by atoms with E-state index in [1.807, 2.05) is 9.58 Å². The largest absolute Gasteiger partial charge is 0.490 e. The van der Waals surface area contributed by atoms with Gasteiger partial charge in [-0.05, 0) is 114 Å². The Kier molecular flexibility index (Phi) is 10.8. The Hall–Kier alpha value is -5.40. The van der Waals surface area contributed by atoms with Crippen LogP contribution in [0.15, 0.2) is 36.7 Å². The van der Waals surface area contributed by atoms with Gasteiger partial charge in [-0.25, -0.2) is 18.9 Å². The Morgan fingerprint density at radius 3 is 2.37 bits per heavy atom. The number of ether oxygens (including phenoxy) is 1. The summed E-state index contributed by atoms with van der Waals surface area (Å²) in [6, 6.07) is 6.81. The lowest BCUT2D eigenvalue weighted by atomic mass is 9.71. The highest BCUT2D eigenvalue weighted by Crippen LogP contribution is 2.45. The van der Waals surface area contributed by atoms with E-state index in [9.17, 15) is 24.0 Å². The summed E-state index contributed by atoms with van der Waals surface area (Å²) in [6.07, 6.45) is 11.0. The summed E-state index contributed by atoms with van der Waals surface area (Å²) >= 11 is 6.16. The fraction of sp³-hybridized carbons (Fsp3) is 0.535. The lowest BCUT2D eigenvalue weighted by molar-refractivity contribution is -0.136. The van der Waals surface area contributed by atoms with Gasteiger partial charge >= 0.3 is 0 Å². The van der Waals surface area contributed by atoms with Crippen molar-refractivity contribution in [3.8, 4) is 5.75 Å². The smallest absolute Gasteiger partial charge is 0.291 e. The van der Waals surface area contributed by atoms with Crippen LogP contribution in [0.25, 0.3) is 4.85 Å². The van der Waals surface area contributed by atoms with Crippen LogP contribution in [0.4, 0.5) is 15.8 Å². The van der Waals surface area contributed by atoms with Crippen molar-refractivity contribution in [1.29, 1.82) is 0 Å². The van der Waals surface area contributed by atoms with Gasteiger partial charge in [0.2, 0.25) is 23.3 Å². The Morgan fingerprint density at radius 1 is 0.967 bits per heavy atom. The maximum absolute atomic E-state index is 15.4. The summed E-state index contributed by atoms with van der Waals surface area (Å²) in [6.45, 7) is 11.5. The van der Waals surface area contributed by atoms with Gasteiger partial charge in [-0.3, -0.25) is 34.2 Å². The third kappa shape index (κ3) is 7.85. The molecule has 5 heterocycles. The quantitative estimate of drug-likeness (QED) is 0.209. The molecule has 314 valence electrons. The molecule has 6 aliphatic rings. The number of nitrogens with one attached hydrogen (secondary N) is 2. The van der Waals surface area contributed by atoms with E-state index in [2.05, 4.69) is 30.5 Å². The first-order valence-electron chi connectivity index (χ1n) is 21.0. The van der Waals surface area contributed by atoms with Gasteiger partial charge in [0.1, 0.15) is 23.9 Å². The molecule has 5 amide bonds. The van der Waals surface area contributed by atoms with Crippen molar-refractivity contribution < 1.29 is 33.1 Å². The van der Waals surface area contributed by atoms with Gasteiger partial charge in [-0.15, -0.1) is 5.10 Å². The molecule has 17 heteroatoms. The zero-order valence-electron chi connectivity index (χ0n) is 33.2. The first-order chi connectivity index (χ1) is 29.0. The van der Waals surface area contributed by atoms with E-state index in [-0.39, 0.29) is 59.3 Å². The fourth-order valence-electron chi connectivity index (χ4n) is 10.1. The van der Waals surface area contributed by atoms with Crippen molar-refractivity contribution in [2.75, 3.05) is 37.6 Å². The molecule has 1 unspecified atom stereocenters. The van der Waals surface area contributed by atoms with Crippen molar-refractivity contribution in [2.24, 2.45) is 11.3 Å². The molecule has 2 saturated carbocycles. The second kappa shape index (κ2) is 16.2. The van der Waals surface area contributed by atoms with E-state index < -0.39 is 35.5 Å². The van der Waals surface area contributed by atoms with Crippen molar-refractivity contribution in [2.45, 2.75) is 101 Å². The summed E-state index contributed by atoms with van der Waals surface area (Å²) in [4.78, 5) is 76.7. The van der Waals surface area contributed by atoms with Crippen LogP contribution >= 0.6 is 11.6 Å². The minimum absolute atomic E-state index is 0.0188. The lowest BCUT2D eigenvalue weighted by Gasteiger charge is -2.55. The molecule has 4 aliphatic heterocycles. The van der Waals surface area contributed by atoms with Gasteiger partial charge in [0, 0.05) is 37.5 Å². The average molecular weight is 840 g/mol. The highest BCUT2D eigenvalue weighted by atomic mass is 35.5. The van der Waals surface area contributed by atoms with Crippen molar-refractivity contribution in [3.63, 3.8) is 0 Å². The summed E-state index contributed by atoms with van der Waals surface area (Å²) in [5, 5.41) is 10.3. The van der Waals surface area contributed by atoms with Crippen molar-refractivity contribution >= 4 is 52.5 Å². The molecule has 1 aromatic heterocycles. The zero-order valence-corrected chi connectivity index (χ0v) is 34.0. The van der Waals surface area contributed by atoms with E-state index in [0.29, 0.717) is 41.2 Å². The Balaban J connectivity index is 0.696. The Morgan fingerprint density at radius 2 is 1.68 bits per heavy atom. The number of hydrogen-bond acceptors (Lipinski definition) is 10. The SMILES string of the molecule is [C-]#[N+]c1ccc(OC2CCC(NC(=O)c3ncn(C4CCC(CN5CCC6(CC5)CN(c5cc7c(cc5F)C(=O)N(C5CCC(=O)NC5=O)C7=O)C6)CC4)n3)CC2)cc1Cl. The number of carbonyl (C=O) groups excluding carboxylic acids is 5. The lowest BCUT2D eigenvalue weighted by Crippen LogP contribution is -2.61. The molecule has 2 aromatic carbocycles. The Bertz CT molecular complexity index is 2260. The van der Waals surface area contributed by atoms with Crippen LogP contribution < -0.4 is 20.3 Å². The topological polar surface area (TPSA) is 163 Å². The molecule has 1 spiro atoms. The fourth-order valence-corrected chi connectivity index (χ4v) is 10.3. The number of benzene rings is 2. The number of amides is 5. The number of halogens is 2. The molecule has 15 nitrogen and oxygen atoms in total. The number of rotatable bonds is 9. The second-order valence-electron chi connectivity index (χ2n) is 17.5. The molecule has 60 heavy (non-hydrogen) atoms. The molecule has 0 radical (unpaired) electrons. The summed E-state index contributed by atoms with van der Waals surface area (Å²) in [5.41, 5.74) is 0.807. The summed E-state index contributed by atoms with van der Waals surface area (Å²) in [7, 11) is 0. The summed E-state index contributed by atoms with van der Waals surface area (Å²) < 4.78 is 23.4. The van der Waals surface area contributed by atoms with Crippen LogP contribution in [0.3, 0.4) is 0 Å². The number of fused-ring (bicyclic) bond motifs is 1. The van der Waals surface area contributed by atoms with Crippen LogP contribution in [0.5, 0.6) is 5.75 Å². The third-order valence-electron chi connectivity index (χ3n) is 13.6. The predicted molar refractivity (Wildman–Crippen MR) is 216 cm³/mol. The number of anilines is 1. The normalized spacial score (nSPS) is 26.6. The minimum atomic E-state index is -1.09. The number of nitrogens with zero attached hydrogens (tertiary/aromatic N) is 7. The molecule has 2 aliphatic carbocycles. The number of aromatic nitrogens is 3. The standard InChI is InChI=1S/C43H47ClFN9O6/c1-46-34-11-10-29(18-32(34)44)60-28-8-4-26(5-9-28)48-40(57)38-47-24-53(50-38)27-6-2-25(3-7-27)21-51-16-14-43(15-17-51)22-52(23-43)36-20-31-30(19-33(36)45)41(58)54(42(31)59)35-12-13-37(55)49-39(35)56/h10-11,18-20,24-28,35H,2-9,12-17,21-23H2,(H,48,57)(H,49,55,56). The second-order valence-corrected chi connectivity index (χ2v) is 17.9. The molecule has 0 bridgehead atoms. The maximum atomic E-state index is 15.4. The van der Waals surface area contributed by atoms with Gasteiger partial charge in [-0.1, -0.05) is 17.7 Å². The molecule has 9 rings (SSSR count). The number of piperidine rings is 2. The van der Waals surface area contributed by atoms with Gasteiger partial charge < -0.3 is 19.9 Å². The number of likely N-dealkylation sites (tertiary alicyclic amines) is 1. The molecular formula is C43H47ClFN9O6. The highest BCUT2D eigenvalue weighted by Gasteiger charge is 2.48. The molecule has 2 N–H and O–H groups in total. The highest BCUT2D eigenvalue weighted by molar-refractivity contribution is 6.33. The van der Waals surface area contributed by atoms with E-state index in [1.165, 1.54) is 6.07 Å². The van der Waals surface area contributed by atoms with Gasteiger partial charge in [0.25, 0.3) is 17.7 Å². The molecular weight excluding hydrogens is 793 g/mol. The van der Waals surface area contributed by atoms with Crippen LogP contribution in [0, 0.1) is 23.7 Å². The molecule has 1 atom stereocenters. The van der Waals surface area contributed by atoms with Crippen molar-refractivity contribution in [3.05, 3.63) is 75.9 Å². The number of carbonyl (C=O) groups is 5.